The normalized spacial score (nSPS) is 13.0. The van der Waals surface area contributed by atoms with E-state index in [1.807, 2.05) is 0 Å². The summed E-state index contributed by atoms with van der Waals surface area (Å²) < 4.78 is 65.0. The molecule has 0 bridgehead atoms. The minimum absolute atomic E-state index is 0.00781. The van der Waals surface area contributed by atoms with Gasteiger partial charge >= 0.3 is 6.18 Å². The van der Waals surface area contributed by atoms with Gasteiger partial charge in [-0.1, -0.05) is 17.4 Å². The summed E-state index contributed by atoms with van der Waals surface area (Å²) in [5.41, 5.74) is 0. The Labute approximate surface area is 135 Å². The number of fused-ring (bicyclic) bond motifs is 1. The van der Waals surface area contributed by atoms with E-state index in [2.05, 4.69) is 20.0 Å². The number of halogens is 3. The van der Waals surface area contributed by atoms with Gasteiger partial charge in [-0.05, 0) is 11.4 Å². The van der Waals surface area contributed by atoms with Gasteiger partial charge in [0.05, 0.1) is 0 Å². The highest BCUT2D eigenvalue weighted by Crippen LogP contribution is 2.29. The predicted molar refractivity (Wildman–Crippen MR) is 76.9 cm³/mol. The van der Waals surface area contributed by atoms with E-state index in [4.69, 9.17) is 0 Å². The summed E-state index contributed by atoms with van der Waals surface area (Å²) in [5, 5.41) is 12.2. The first-order chi connectivity index (χ1) is 10.8. The molecule has 0 aliphatic heterocycles. The molecule has 3 heterocycles. The summed E-state index contributed by atoms with van der Waals surface area (Å²) >= 11 is 2.00. The quantitative estimate of drug-likeness (QED) is 0.726. The number of rotatable bonds is 5. The van der Waals surface area contributed by atoms with Crippen LogP contribution in [0.3, 0.4) is 0 Å². The molecule has 0 unspecified atom stereocenters. The number of aromatic nitrogens is 4. The minimum Gasteiger partial charge on any atom is -0.210 e. The molecule has 1 N–H and O–H groups in total. The van der Waals surface area contributed by atoms with Crippen molar-refractivity contribution in [3.8, 4) is 0 Å². The third kappa shape index (κ3) is 3.36. The Hall–Kier alpha value is -1.57. The molecule has 13 heteroatoms. The SMILES string of the molecule is O=S(=O)(NCCc1nn2c(C(F)(F)F)nnc2s1)c1cccs1. The molecule has 0 saturated carbocycles. The number of alkyl halides is 3. The van der Waals surface area contributed by atoms with Gasteiger partial charge in [-0.25, -0.2) is 13.1 Å². The Balaban J connectivity index is 1.70. The Morgan fingerprint density at radius 3 is 2.74 bits per heavy atom. The van der Waals surface area contributed by atoms with Crippen LogP contribution in [0.4, 0.5) is 13.2 Å². The molecule has 3 aromatic heterocycles. The topological polar surface area (TPSA) is 89.2 Å². The molecule has 0 spiro atoms. The summed E-state index contributed by atoms with van der Waals surface area (Å²) in [6.45, 7) is 0.0195. The number of hydrogen-bond acceptors (Lipinski definition) is 7. The lowest BCUT2D eigenvalue weighted by molar-refractivity contribution is -0.146. The fourth-order valence-corrected chi connectivity index (χ4v) is 4.62. The average molecular weight is 383 g/mol. The fraction of sp³-hybridized carbons (Fsp3) is 0.300. The van der Waals surface area contributed by atoms with Gasteiger partial charge in [-0.3, -0.25) is 0 Å². The number of sulfonamides is 1. The van der Waals surface area contributed by atoms with Gasteiger partial charge in [-0.15, -0.1) is 21.5 Å². The van der Waals surface area contributed by atoms with Crippen molar-refractivity contribution >= 4 is 37.7 Å². The molecular weight excluding hydrogens is 375 g/mol. The van der Waals surface area contributed by atoms with Gasteiger partial charge < -0.3 is 0 Å². The lowest BCUT2D eigenvalue weighted by atomic mass is 10.5. The Kier molecular flexibility index (Phi) is 4.12. The van der Waals surface area contributed by atoms with Crippen LogP contribution in [0.2, 0.25) is 0 Å². The third-order valence-electron chi connectivity index (χ3n) is 2.68. The van der Waals surface area contributed by atoms with Gasteiger partial charge in [0.2, 0.25) is 15.0 Å². The van der Waals surface area contributed by atoms with E-state index in [0.29, 0.717) is 9.52 Å². The zero-order valence-electron chi connectivity index (χ0n) is 11.1. The van der Waals surface area contributed by atoms with Crippen molar-refractivity contribution in [1.82, 2.24) is 24.5 Å². The first kappa shape index (κ1) is 16.3. The second-order valence-corrected chi connectivity index (χ2v) is 8.27. The number of nitrogens with one attached hydrogen (secondary N) is 1. The van der Waals surface area contributed by atoms with Crippen molar-refractivity contribution in [2.24, 2.45) is 0 Å². The zero-order chi connectivity index (χ0) is 16.7. The van der Waals surface area contributed by atoms with Crippen LogP contribution in [-0.2, 0) is 22.6 Å². The van der Waals surface area contributed by atoms with E-state index in [0.717, 1.165) is 22.7 Å². The van der Waals surface area contributed by atoms with E-state index in [-0.39, 0.29) is 22.1 Å². The van der Waals surface area contributed by atoms with Crippen molar-refractivity contribution in [3.63, 3.8) is 0 Å². The zero-order valence-corrected chi connectivity index (χ0v) is 13.6. The Morgan fingerprint density at radius 2 is 2.09 bits per heavy atom. The molecule has 0 amide bonds. The van der Waals surface area contributed by atoms with E-state index in [9.17, 15) is 21.6 Å². The first-order valence-corrected chi connectivity index (χ1v) is 9.27. The van der Waals surface area contributed by atoms with Crippen LogP contribution in [0, 0.1) is 0 Å². The van der Waals surface area contributed by atoms with Crippen LogP contribution in [-0.4, -0.2) is 34.8 Å². The van der Waals surface area contributed by atoms with Crippen LogP contribution in [0.15, 0.2) is 21.7 Å². The molecule has 0 saturated heterocycles. The molecule has 23 heavy (non-hydrogen) atoms. The smallest absolute Gasteiger partial charge is 0.210 e. The standard InChI is InChI=1S/C10H8F3N5O2S3/c11-10(12,13)8-15-16-9-18(8)17-6(22-9)3-4-14-23(19,20)7-2-1-5-21-7/h1-2,5,14H,3-4H2. The average Bonchev–Trinajstić information content (AvgIpc) is 3.13. The highest BCUT2D eigenvalue weighted by Gasteiger charge is 2.38. The van der Waals surface area contributed by atoms with Gasteiger partial charge in [0, 0.05) is 13.0 Å². The molecule has 124 valence electrons. The van der Waals surface area contributed by atoms with Gasteiger partial charge in [0.25, 0.3) is 5.82 Å². The summed E-state index contributed by atoms with van der Waals surface area (Å²) in [5.74, 6) is -1.20. The van der Waals surface area contributed by atoms with Crippen LogP contribution in [0.25, 0.3) is 4.96 Å². The van der Waals surface area contributed by atoms with Crippen molar-refractivity contribution < 1.29 is 21.6 Å². The molecule has 0 aliphatic rings. The minimum atomic E-state index is -4.65. The lowest BCUT2D eigenvalue weighted by Gasteiger charge is -2.03. The van der Waals surface area contributed by atoms with Crippen LogP contribution in [0.1, 0.15) is 10.8 Å². The monoisotopic (exact) mass is 383 g/mol. The highest BCUT2D eigenvalue weighted by molar-refractivity contribution is 7.91. The molecule has 0 radical (unpaired) electrons. The lowest BCUT2D eigenvalue weighted by Crippen LogP contribution is -2.25. The number of thiophene rings is 1. The molecular formula is C10H8F3N5O2S3. The summed E-state index contributed by atoms with van der Waals surface area (Å²) in [6.07, 6.45) is -4.50. The summed E-state index contributed by atoms with van der Waals surface area (Å²) in [7, 11) is -3.60. The second kappa shape index (κ2) is 5.81. The Bertz CT molecular complexity index is 913. The maximum absolute atomic E-state index is 12.7. The van der Waals surface area contributed by atoms with E-state index < -0.39 is 22.0 Å². The molecule has 0 fully saturated rings. The molecule has 0 atom stereocenters. The number of hydrogen-bond donors (Lipinski definition) is 1. The van der Waals surface area contributed by atoms with Crippen LogP contribution >= 0.6 is 22.7 Å². The van der Waals surface area contributed by atoms with Crippen molar-refractivity contribution in [1.29, 1.82) is 0 Å². The predicted octanol–water partition coefficient (Wildman–Crippen LogP) is 1.79. The van der Waals surface area contributed by atoms with E-state index >= 15 is 0 Å². The summed E-state index contributed by atoms with van der Waals surface area (Å²) in [6, 6.07) is 3.08. The van der Waals surface area contributed by atoms with E-state index in [1.54, 1.807) is 11.4 Å². The number of nitrogens with zero attached hydrogens (tertiary/aromatic N) is 4. The van der Waals surface area contributed by atoms with Crippen LogP contribution in [0.5, 0.6) is 0 Å². The van der Waals surface area contributed by atoms with E-state index in [1.165, 1.54) is 6.07 Å². The molecule has 3 aromatic rings. The fourth-order valence-electron chi connectivity index (χ4n) is 1.71. The second-order valence-electron chi connectivity index (χ2n) is 4.29. The first-order valence-electron chi connectivity index (χ1n) is 6.09. The summed E-state index contributed by atoms with van der Waals surface area (Å²) in [4.78, 5) is 0.00781. The molecule has 0 aromatic carbocycles. The molecule has 0 aliphatic carbocycles. The van der Waals surface area contributed by atoms with Gasteiger partial charge in [0.15, 0.2) is 0 Å². The largest absolute Gasteiger partial charge is 0.453 e. The van der Waals surface area contributed by atoms with Gasteiger partial charge in [-0.2, -0.15) is 22.8 Å². The van der Waals surface area contributed by atoms with Crippen molar-refractivity contribution in [2.45, 2.75) is 16.8 Å². The Morgan fingerprint density at radius 1 is 1.30 bits per heavy atom. The maximum atomic E-state index is 12.7. The third-order valence-corrected chi connectivity index (χ3v) is 6.49. The van der Waals surface area contributed by atoms with Crippen molar-refractivity contribution in [2.75, 3.05) is 6.54 Å². The highest BCUT2D eigenvalue weighted by atomic mass is 32.2. The molecule has 7 nitrogen and oxygen atoms in total. The van der Waals surface area contributed by atoms with Gasteiger partial charge in [0.1, 0.15) is 9.22 Å². The van der Waals surface area contributed by atoms with Crippen LogP contribution < -0.4 is 4.72 Å². The maximum Gasteiger partial charge on any atom is 0.453 e. The van der Waals surface area contributed by atoms with Crippen molar-refractivity contribution in [3.05, 3.63) is 28.3 Å². The molecule has 3 rings (SSSR count).